The van der Waals surface area contributed by atoms with Crippen LogP contribution in [-0.4, -0.2) is 20.1 Å². The van der Waals surface area contributed by atoms with Gasteiger partial charge in [-0.1, -0.05) is 25.3 Å². The largest absolute Gasteiger partial charge is 0.418 e. The molecule has 0 bridgehead atoms. The smallest absolute Gasteiger partial charge is 0.371 e. The first-order chi connectivity index (χ1) is 9.93. The van der Waals surface area contributed by atoms with Crippen LogP contribution < -0.4 is 10.2 Å². The number of rotatable bonds is 4. The van der Waals surface area contributed by atoms with Gasteiger partial charge in [-0.25, -0.2) is 0 Å². The topological polar surface area (TPSA) is 15.3 Å². The normalized spacial score (nSPS) is 17.0. The minimum Gasteiger partial charge on any atom is -0.371 e. The van der Waals surface area contributed by atoms with Crippen molar-refractivity contribution in [2.24, 2.45) is 0 Å². The van der Waals surface area contributed by atoms with E-state index < -0.39 is 11.7 Å². The van der Waals surface area contributed by atoms with E-state index in [9.17, 15) is 13.2 Å². The zero-order valence-electron chi connectivity index (χ0n) is 12.6. The van der Waals surface area contributed by atoms with Gasteiger partial charge in [0.1, 0.15) is 0 Å². The molecule has 0 radical (unpaired) electrons. The Bertz CT molecular complexity index is 465. The number of nitrogens with one attached hydrogen (secondary N) is 1. The van der Waals surface area contributed by atoms with E-state index in [4.69, 9.17) is 0 Å². The van der Waals surface area contributed by atoms with E-state index in [1.807, 2.05) is 4.90 Å². The summed E-state index contributed by atoms with van der Waals surface area (Å²) in [4.78, 5) is 1.82. The molecule has 2 rings (SSSR count). The summed E-state index contributed by atoms with van der Waals surface area (Å²) in [6, 6.07) is 4.88. The van der Waals surface area contributed by atoms with Crippen molar-refractivity contribution in [2.75, 3.05) is 19.0 Å². The third kappa shape index (κ3) is 3.90. The van der Waals surface area contributed by atoms with Crippen molar-refractivity contribution < 1.29 is 13.2 Å². The summed E-state index contributed by atoms with van der Waals surface area (Å²) in [5, 5.41) is 2.89. The molecular weight excluding hydrogens is 277 g/mol. The Labute approximate surface area is 124 Å². The quantitative estimate of drug-likeness (QED) is 0.897. The van der Waals surface area contributed by atoms with Gasteiger partial charge >= 0.3 is 6.18 Å². The van der Waals surface area contributed by atoms with Gasteiger partial charge < -0.3 is 10.2 Å². The van der Waals surface area contributed by atoms with Gasteiger partial charge in [-0.3, -0.25) is 0 Å². The Kier molecular flexibility index (Phi) is 5.14. The first-order valence-corrected chi connectivity index (χ1v) is 7.51. The molecule has 21 heavy (non-hydrogen) atoms. The van der Waals surface area contributed by atoms with E-state index in [-0.39, 0.29) is 6.04 Å². The molecule has 2 nitrogen and oxygen atoms in total. The number of hydrogen-bond acceptors (Lipinski definition) is 2. The fourth-order valence-corrected chi connectivity index (χ4v) is 3.10. The standard InChI is InChI=1S/C16H23F3N2/c1-20-11-12-8-9-15(14(10-12)16(17,18)19)21(2)13-6-4-3-5-7-13/h8-10,13,20H,3-7,11H2,1-2H3. The average Bonchev–Trinajstić information content (AvgIpc) is 2.47. The second-order valence-electron chi connectivity index (χ2n) is 5.78. The molecule has 0 aromatic heterocycles. The lowest BCUT2D eigenvalue weighted by atomic mass is 9.93. The molecule has 0 atom stereocenters. The fraction of sp³-hybridized carbons (Fsp3) is 0.625. The summed E-state index contributed by atoms with van der Waals surface area (Å²) in [5.74, 6) is 0. The lowest BCUT2D eigenvalue weighted by molar-refractivity contribution is -0.137. The lowest BCUT2D eigenvalue weighted by Gasteiger charge is -2.34. The van der Waals surface area contributed by atoms with E-state index >= 15 is 0 Å². The van der Waals surface area contributed by atoms with Crippen molar-refractivity contribution in [1.29, 1.82) is 0 Å². The Morgan fingerprint density at radius 2 is 1.86 bits per heavy atom. The maximum Gasteiger partial charge on any atom is 0.418 e. The molecule has 1 N–H and O–H groups in total. The monoisotopic (exact) mass is 300 g/mol. The summed E-state index contributed by atoms with van der Waals surface area (Å²) in [5.41, 5.74) is 0.434. The van der Waals surface area contributed by atoms with Crippen molar-refractivity contribution in [2.45, 2.75) is 50.9 Å². The highest BCUT2D eigenvalue weighted by Crippen LogP contribution is 2.38. The second-order valence-corrected chi connectivity index (χ2v) is 5.78. The molecule has 1 aliphatic rings. The molecule has 118 valence electrons. The summed E-state index contributed by atoms with van der Waals surface area (Å²) >= 11 is 0. The third-order valence-corrected chi connectivity index (χ3v) is 4.25. The number of nitrogens with zero attached hydrogens (tertiary/aromatic N) is 1. The van der Waals surface area contributed by atoms with E-state index in [0.29, 0.717) is 17.8 Å². The molecule has 0 heterocycles. The lowest BCUT2D eigenvalue weighted by Crippen LogP contribution is -2.34. The molecule has 1 saturated carbocycles. The van der Waals surface area contributed by atoms with Gasteiger partial charge in [0.15, 0.2) is 0 Å². The minimum atomic E-state index is -4.32. The number of halogens is 3. The van der Waals surface area contributed by atoms with Crippen molar-refractivity contribution in [3.8, 4) is 0 Å². The second kappa shape index (κ2) is 6.69. The van der Waals surface area contributed by atoms with E-state index in [0.717, 1.165) is 25.7 Å². The summed E-state index contributed by atoms with van der Waals surface area (Å²) in [6.07, 6.45) is 1.04. The van der Waals surface area contributed by atoms with Crippen molar-refractivity contribution >= 4 is 5.69 Å². The molecular formula is C16H23F3N2. The first-order valence-electron chi connectivity index (χ1n) is 7.51. The fourth-order valence-electron chi connectivity index (χ4n) is 3.10. The van der Waals surface area contributed by atoms with Crippen LogP contribution in [0.15, 0.2) is 18.2 Å². The molecule has 0 aliphatic heterocycles. The molecule has 0 unspecified atom stereocenters. The maximum absolute atomic E-state index is 13.3. The summed E-state index contributed by atoms with van der Waals surface area (Å²) in [7, 11) is 3.52. The van der Waals surface area contributed by atoms with Gasteiger partial charge in [0.25, 0.3) is 0 Å². The maximum atomic E-state index is 13.3. The average molecular weight is 300 g/mol. The predicted octanol–water partition coefficient (Wildman–Crippen LogP) is 4.19. The van der Waals surface area contributed by atoms with Crippen LogP contribution in [0.4, 0.5) is 18.9 Å². The van der Waals surface area contributed by atoms with Crippen LogP contribution in [-0.2, 0) is 12.7 Å². The van der Waals surface area contributed by atoms with Crippen LogP contribution in [0, 0.1) is 0 Å². The predicted molar refractivity (Wildman–Crippen MR) is 79.5 cm³/mol. The van der Waals surface area contributed by atoms with Crippen molar-refractivity contribution in [1.82, 2.24) is 5.32 Å². The van der Waals surface area contributed by atoms with Gasteiger partial charge in [0.2, 0.25) is 0 Å². The van der Waals surface area contributed by atoms with Gasteiger partial charge in [-0.2, -0.15) is 13.2 Å². The first kappa shape index (κ1) is 16.1. The molecule has 0 saturated heterocycles. The highest BCUT2D eigenvalue weighted by molar-refractivity contribution is 5.56. The van der Waals surface area contributed by atoms with Gasteiger partial charge in [0.05, 0.1) is 5.56 Å². The summed E-state index contributed by atoms with van der Waals surface area (Å²) < 4.78 is 40.0. The van der Waals surface area contributed by atoms with Gasteiger partial charge in [-0.15, -0.1) is 0 Å². The van der Waals surface area contributed by atoms with Crippen LogP contribution in [0.5, 0.6) is 0 Å². The Morgan fingerprint density at radius 3 is 2.43 bits per heavy atom. The van der Waals surface area contributed by atoms with Crippen LogP contribution in [0.1, 0.15) is 43.2 Å². The molecule has 1 aliphatic carbocycles. The van der Waals surface area contributed by atoms with Crippen LogP contribution >= 0.6 is 0 Å². The van der Waals surface area contributed by atoms with Crippen LogP contribution in [0.3, 0.4) is 0 Å². The molecule has 1 aromatic rings. The minimum absolute atomic E-state index is 0.218. The Balaban J connectivity index is 2.32. The van der Waals surface area contributed by atoms with Gasteiger partial charge in [-0.05, 0) is 37.6 Å². The molecule has 5 heteroatoms. The number of benzene rings is 1. The number of alkyl halides is 3. The Morgan fingerprint density at radius 1 is 1.19 bits per heavy atom. The van der Waals surface area contributed by atoms with E-state index in [1.165, 1.54) is 12.5 Å². The van der Waals surface area contributed by atoms with Crippen LogP contribution in [0.2, 0.25) is 0 Å². The van der Waals surface area contributed by atoms with Gasteiger partial charge in [0, 0.05) is 25.3 Å². The van der Waals surface area contributed by atoms with Crippen LogP contribution in [0.25, 0.3) is 0 Å². The zero-order chi connectivity index (χ0) is 15.5. The highest BCUT2D eigenvalue weighted by Gasteiger charge is 2.35. The van der Waals surface area contributed by atoms with E-state index in [2.05, 4.69) is 5.32 Å². The van der Waals surface area contributed by atoms with Crippen molar-refractivity contribution in [3.05, 3.63) is 29.3 Å². The third-order valence-electron chi connectivity index (χ3n) is 4.25. The zero-order valence-corrected chi connectivity index (χ0v) is 12.6. The SMILES string of the molecule is CNCc1ccc(N(C)C2CCCCC2)c(C(F)(F)F)c1. The summed E-state index contributed by atoms with van der Waals surface area (Å²) in [6.45, 7) is 0.441. The van der Waals surface area contributed by atoms with E-state index in [1.54, 1.807) is 26.2 Å². The molecule has 0 spiro atoms. The number of anilines is 1. The highest BCUT2D eigenvalue weighted by atomic mass is 19.4. The van der Waals surface area contributed by atoms with Crippen molar-refractivity contribution in [3.63, 3.8) is 0 Å². The molecule has 0 amide bonds. The Hall–Kier alpha value is -1.23. The number of hydrogen-bond donors (Lipinski definition) is 1. The molecule has 1 aromatic carbocycles. The molecule has 1 fully saturated rings.